The predicted octanol–water partition coefficient (Wildman–Crippen LogP) is 3.68. The van der Waals surface area contributed by atoms with Crippen LogP contribution in [0.15, 0.2) is 30.6 Å². The molecule has 0 bridgehead atoms. The minimum atomic E-state index is -0.104. The van der Waals surface area contributed by atoms with Gasteiger partial charge in [0.2, 0.25) is 5.91 Å². The second-order valence-electron chi connectivity index (χ2n) is 7.69. The maximum atomic E-state index is 12.6. The number of rotatable bonds is 4. The first-order valence-corrected chi connectivity index (χ1v) is 10.6. The van der Waals surface area contributed by atoms with E-state index in [9.17, 15) is 9.90 Å². The molecule has 0 saturated carbocycles. The Morgan fingerprint density at radius 1 is 1.00 bits per heavy atom. The summed E-state index contributed by atoms with van der Waals surface area (Å²) in [4.78, 5) is 26.1. The van der Waals surface area contributed by atoms with Crippen LogP contribution in [0.1, 0.15) is 32.1 Å². The Hall–Kier alpha value is -2.54. The molecule has 4 rings (SSSR count). The first-order valence-electron chi connectivity index (χ1n) is 10.2. The van der Waals surface area contributed by atoms with Crippen LogP contribution in [-0.4, -0.2) is 47.2 Å². The number of hydrogen-bond acceptors (Lipinski definition) is 6. The van der Waals surface area contributed by atoms with Crippen molar-refractivity contribution < 1.29 is 9.90 Å². The zero-order valence-corrected chi connectivity index (χ0v) is 17.1. The van der Waals surface area contributed by atoms with Crippen molar-refractivity contribution in [2.24, 2.45) is 5.92 Å². The van der Waals surface area contributed by atoms with E-state index < -0.39 is 0 Å². The third-order valence-corrected chi connectivity index (χ3v) is 5.96. The van der Waals surface area contributed by atoms with Crippen molar-refractivity contribution in [1.29, 1.82) is 0 Å². The number of phenolic OH excluding ortho intramolecular Hbond substituents is 1. The van der Waals surface area contributed by atoms with Crippen LogP contribution in [0.3, 0.4) is 0 Å². The van der Waals surface area contributed by atoms with Crippen LogP contribution < -0.4 is 15.1 Å². The molecule has 29 heavy (non-hydrogen) atoms. The topological polar surface area (TPSA) is 81.6 Å². The molecular weight excluding hydrogens is 390 g/mol. The third-order valence-electron chi connectivity index (χ3n) is 5.72. The summed E-state index contributed by atoms with van der Waals surface area (Å²) in [5.74, 6) is 1.75. The highest BCUT2D eigenvalue weighted by Crippen LogP contribution is 2.29. The van der Waals surface area contributed by atoms with E-state index in [2.05, 4.69) is 31.2 Å². The number of anilines is 3. The molecule has 2 aliphatic rings. The summed E-state index contributed by atoms with van der Waals surface area (Å²) < 4.78 is 0. The van der Waals surface area contributed by atoms with Gasteiger partial charge in [0, 0.05) is 43.2 Å². The van der Waals surface area contributed by atoms with Gasteiger partial charge in [-0.2, -0.15) is 0 Å². The first-order chi connectivity index (χ1) is 14.1. The molecule has 1 amide bonds. The fourth-order valence-corrected chi connectivity index (χ4v) is 4.19. The number of nitrogens with zero attached hydrogens (tertiary/aromatic N) is 4. The monoisotopic (exact) mass is 415 g/mol. The van der Waals surface area contributed by atoms with Crippen molar-refractivity contribution >= 4 is 34.8 Å². The number of carbonyl (C=O) groups is 1. The third kappa shape index (κ3) is 4.72. The van der Waals surface area contributed by atoms with Gasteiger partial charge in [0.1, 0.15) is 23.7 Å². The smallest absolute Gasteiger partial charge is 0.227 e. The van der Waals surface area contributed by atoms with Crippen molar-refractivity contribution in [2.75, 3.05) is 41.3 Å². The highest BCUT2D eigenvalue weighted by Gasteiger charge is 2.26. The summed E-state index contributed by atoms with van der Waals surface area (Å²) in [6.45, 7) is 3.62. The van der Waals surface area contributed by atoms with E-state index in [0.717, 1.165) is 50.7 Å². The molecule has 2 saturated heterocycles. The summed E-state index contributed by atoms with van der Waals surface area (Å²) >= 11 is 5.96. The Morgan fingerprint density at radius 2 is 1.66 bits per heavy atom. The van der Waals surface area contributed by atoms with E-state index in [1.165, 1.54) is 25.3 Å². The minimum absolute atomic E-state index is 0.0198. The molecule has 0 aliphatic carbocycles. The molecule has 1 aromatic carbocycles. The van der Waals surface area contributed by atoms with Crippen molar-refractivity contribution in [2.45, 2.75) is 32.1 Å². The molecule has 1 aromatic heterocycles. The second-order valence-corrected chi connectivity index (χ2v) is 8.13. The fourth-order valence-electron chi connectivity index (χ4n) is 4.02. The van der Waals surface area contributed by atoms with Crippen LogP contribution in [-0.2, 0) is 4.79 Å². The summed E-state index contributed by atoms with van der Waals surface area (Å²) in [5, 5.41) is 13.2. The number of nitrogens with one attached hydrogen (secondary N) is 1. The number of amides is 1. The Morgan fingerprint density at radius 3 is 2.34 bits per heavy atom. The van der Waals surface area contributed by atoms with Crippen molar-refractivity contribution in [3.05, 3.63) is 35.6 Å². The largest absolute Gasteiger partial charge is 0.506 e. The number of hydrogen-bond donors (Lipinski definition) is 2. The number of aromatic nitrogens is 2. The van der Waals surface area contributed by atoms with E-state index in [1.807, 2.05) is 0 Å². The van der Waals surface area contributed by atoms with Gasteiger partial charge in [-0.05, 0) is 50.3 Å². The van der Waals surface area contributed by atoms with Gasteiger partial charge in [0.15, 0.2) is 0 Å². The van der Waals surface area contributed by atoms with E-state index in [1.54, 1.807) is 18.5 Å². The van der Waals surface area contributed by atoms with Gasteiger partial charge >= 0.3 is 0 Å². The Bertz CT molecular complexity index is 864. The predicted molar refractivity (Wildman–Crippen MR) is 115 cm³/mol. The Labute approximate surface area is 175 Å². The molecule has 2 N–H and O–H groups in total. The lowest BCUT2D eigenvalue weighted by atomic mass is 9.95. The van der Waals surface area contributed by atoms with Crippen LogP contribution in [0.5, 0.6) is 5.75 Å². The van der Waals surface area contributed by atoms with E-state index in [-0.39, 0.29) is 17.6 Å². The molecule has 7 nitrogen and oxygen atoms in total. The SMILES string of the molecule is O=C(Nc1cc(Cl)ccc1O)C1CCN(c2cc(N3CCCCC3)ncn2)CC1. The summed E-state index contributed by atoms with van der Waals surface area (Å²) in [6.07, 6.45) is 6.81. The lowest BCUT2D eigenvalue weighted by molar-refractivity contribution is -0.120. The molecule has 2 aromatic rings. The molecule has 0 unspecified atom stereocenters. The average Bonchev–Trinajstić information content (AvgIpc) is 2.77. The quantitative estimate of drug-likeness (QED) is 0.741. The molecule has 154 valence electrons. The standard InChI is InChI=1S/C21H26ClN5O2/c22-16-4-5-18(28)17(12-16)25-21(29)15-6-10-27(11-7-15)20-13-19(23-14-24-20)26-8-2-1-3-9-26/h4-5,12-15,28H,1-3,6-11H2,(H,25,29). The van der Waals surface area contributed by atoms with Crippen molar-refractivity contribution in [3.8, 4) is 5.75 Å². The second kappa shape index (κ2) is 8.86. The van der Waals surface area contributed by atoms with Gasteiger partial charge in [-0.15, -0.1) is 0 Å². The number of halogens is 1. The van der Waals surface area contributed by atoms with E-state index in [0.29, 0.717) is 10.7 Å². The lowest BCUT2D eigenvalue weighted by Crippen LogP contribution is -2.39. The lowest BCUT2D eigenvalue weighted by Gasteiger charge is -2.33. The summed E-state index contributed by atoms with van der Waals surface area (Å²) in [5.41, 5.74) is 0.354. The number of piperidine rings is 2. The minimum Gasteiger partial charge on any atom is -0.506 e. The first kappa shape index (κ1) is 19.8. The number of benzene rings is 1. The number of phenols is 1. The summed E-state index contributed by atoms with van der Waals surface area (Å²) in [7, 11) is 0. The van der Waals surface area contributed by atoms with Crippen LogP contribution in [0.2, 0.25) is 5.02 Å². The molecular formula is C21H26ClN5O2. The van der Waals surface area contributed by atoms with Gasteiger partial charge < -0.3 is 20.2 Å². The maximum absolute atomic E-state index is 12.6. The molecule has 0 radical (unpaired) electrons. The highest BCUT2D eigenvalue weighted by atomic mass is 35.5. The van der Waals surface area contributed by atoms with Crippen LogP contribution >= 0.6 is 11.6 Å². The van der Waals surface area contributed by atoms with Crippen LogP contribution in [0.25, 0.3) is 0 Å². The van der Waals surface area contributed by atoms with E-state index in [4.69, 9.17) is 11.6 Å². The van der Waals surface area contributed by atoms with Gasteiger partial charge in [-0.3, -0.25) is 4.79 Å². The van der Waals surface area contributed by atoms with Gasteiger partial charge in [0.25, 0.3) is 0 Å². The van der Waals surface area contributed by atoms with Gasteiger partial charge in [-0.1, -0.05) is 11.6 Å². The zero-order valence-electron chi connectivity index (χ0n) is 16.4. The van der Waals surface area contributed by atoms with E-state index >= 15 is 0 Å². The maximum Gasteiger partial charge on any atom is 0.227 e. The van der Waals surface area contributed by atoms with Crippen LogP contribution in [0, 0.1) is 5.92 Å². The van der Waals surface area contributed by atoms with Crippen molar-refractivity contribution in [3.63, 3.8) is 0 Å². The zero-order chi connectivity index (χ0) is 20.2. The fraction of sp³-hybridized carbons (Fsp3) is 0.476. The number of carbonyl (C=O) groups excluding carboxylic acids is 1. The molecule has 0 spiro atoms. The molecule has 2 fully saturated rings. The van der Waals surface area contributed by atoms with Gasteiger partial charge in [-0.25, -0.2) is 9.97 Å². The van der Waals surface area contributed by atoms with Gasteiger partial charge in [0.05, 0.1) is 5.69 Å². The normalized spacial score (nSPS) is 18.0. The highest BCUT2D eigenvalue weighted by molar-refractivity contribution is 6.31. The Kier molecular flexibility index (Phi) is 6.04. The van der Waals surface area contributed by atoms with Crippen LogP contribution in [0.4, 0.5) is 17.3 Å². The molecule has 3 heterocycles. The molecule has 2 aliphatic heterocycles. The molecule has 8 heteroatoms. The Balaban J connectivity index is 1.35. The molecule has 0 atom stereocenters. The number of aromatic hydroxyl groups is 1. The summed E-state index contributed by atoms with van der Waals surface area (Å²) in [6, 6.07) is 6.70. The van der Waals surface area contributed by atoms with Crippen molar-refractivity contribution in [1.82, 2.24) is 9.97 Å². The average molecular weight is 416 g/mol.